The van der Waals surface area contributed by atoms with Gasteiger partial charge in [0.2, 0.25) is 0 Å². The van der Waals surface area contributed by atoms with Gasteiger partial charge in [0, 0.05) is 43.0 Å². The first-order chi connectivity index (χ1) is 18.0. The van der Waals surface area contributed by atoms with E-state index >= 15 is 0 Å². The van der Waals surface area contributed by atoms with Gasteiger partial charge in [0.25, 0.3) is 5.91 Å². The van der Waals surface area contributed by atoms with E-state index in [9.17, 15) is 22.5 Å². The number of benzene rings is 1. The Balaban J connectivity index is 1.39. The predicted molar refractivity (Wildman–Crippen MR) is 139 cm³/mol. The molecular weight excluding hydrogens is 539 g/mol. The smallest absolute Gasteiger partial charge is 0.419 e. The Morgan fingerprint density at radius 3 is 2.39 bits per heavy atom. The molecule has 2 aromatic rings. The number of nitriles is 1. The summed E-state index contributed by atoms with van der Waals surface area (Å²) in [5.41, 5.74) is -2.45. The maximum atomic E-state index is 13.6. The molecule has 1 saturated carbocycles. The highest BCUT2D eigenvalue weighted by atomic mass is 32.2. The number of aromatic nitrogens is 1. The van der Waals surface area contributed by atoms with Crippen molar-refractivity contribution in [3.63, 3.8) is 0 Å². The van der Waals surface area contributed by atoms with Crippen molar-refractivity contribution < 1.29 is 27.3 Å². The highest BCUT2D eigenvalue weighted by Crippen LogP contribution is 2.48. The number of amides is 1. The van der Waals surface area contributed by atoms with Crippen LogP contribution in [0, 0.1) is 11.3 Å². The summed E-state index contributed by atoms with van der Waals surface area (Å²) in [6.45, 7) is 1.38. The fourth-order valence-corrected chi connectivity index (χ4v) is 6.36. The van der Waals surface area contributed by atoms with Crippen LogP contribution in [0.2, 0.25) is 0 Å². The lowest BCUT2D eigenvalue weighted by Gasteiger charge is -2.43. The average Bonchev–Trinajstić information content (AvgIpc) is 3.10. The molecule has 1 aromatic carbocycles. The fourth-order valence-electron chi connectivity index (χ4n) is 5.16. The molecule has 2 aliphatic heterocycles. The van der Waals surface area contributed by atoms with Crippen molar-refractivity contribution in [3.8, 4) is 11.8 Å². The summed E-state index contributed by atoms with van der Waals surface area (Å²) in [6.07, 6.45) is 1.22. The summed E-state index contributed by atoms with van der Waals surface area (Å²) in [6, 6.07) is 9.34. The molecule has 0 bridgehead atoms. The Hall–Kier alpha value is -2.92. The lowest BCUT2D eigenvalue weighted by molar-refractivity contribution is -0.138. The van der Waals surface area contributed by atoms with Crippen LogP contribution in [0.3, 0.4) is 0 Å². The summed E-state index contributed by atoms with van der Waals surface area (Å²) in [5.74, 6) is 0.237. The molecule has 1 aromatic heterocycles. The first kappa shape index (κ1) is 26.7. The van der Waals surface area contributed by atoms with Gasteiger partial charge in [-0.25, -0.2) is 4.98 Å². The van der Waals surface area contributed by atoms with E-state index in [4.69, 9.17) is 22.2 Å². The second-order valence-electron chi connectivity index (χ2n) is 9.51. The van der Waals surface area contributed by atoms with Gasteiger partial charge in [-0.2, -0.15) is 18.4 Å². The second-order valence-corrected chi connectivity index (χ2v) is 11.2. The quantitative estimate of drug-likeness (QED) is 0.395. The van der Waals surface area contributed by atoms with Gasteiger partial charge in [0.05, 0.1) is 17.4 Å². The number of ether oxygens (including phenoxy) is 1. The SMILES string of the molecule is C[S+]([O-])N1CCC(Oc2ccc(N3C(=S)N(c4cnc(C#N)c(C(F)(F)F)c4)C(=O)C34CCC4)cc2)CC1. The van der Waals surface area contributed by atoms with Gasteiger partial charge in [0.15, 0.2) is 10.8 Å². The first-order valence-electron chi connectivity index (χ1n) is 12.1. The summed E-state index contributed by atoms with van der Waals surface area (Å²) < 4.78 is 60.3. The van der Waals surface area contributed by atoms with Crippen LogP contribution in [0.5, 0.6) is 5.75 Å². The maximum Gasteiger partial charge on any atom is 0.419 e. The van der Waals surface area contributed by atoms with Crippen molar-refractivity contribution in [2.45, 2.75) is 49.9 Å². The Morgan fingerprint density at radius 1 is 1.21 bits per heavy atom. The topological polar surface area (TPSA) is 95.8 Å². The molecule has 0 N–H and O–H groups in total. The van der Waals surface area contributed by atoms with E-state index in [2.05, 4.69) is 4.98 Å². The van der Waals surface area contributed by atoms with Crippen LogP contribution >= 0.6 is 12.2 Å². The monoisotopic (exact) mass is 563 g/mol. The van der Waals surface area contributed by atoms with E-state index in [-0.39, 0.29) is 16.9 Å². The maximum absolute atomic E-state index is 13.6. The molecule has 2 saturated heterocycles. The molecule has 3 heterocycles. The third-order valence-corrected chi connectivity index (χ3v) is 8.76. The zero-order valence-corrected chi connectivity index (χ0v) is 22.0. The molecule has 5 rings (SSSR count). The van der Waals surface area contributed by atoms with Gasteiger partial charge in [0.1, 0.15) is 29.7 Å². The summed E-state index contributed by atoms with van der Waals surface area (Å²) >= 11 is 4.64. The number of rotatable bonds is 5. The van der Waals surface area contributed by atoms with Crippen LogP contribution in [-0.2, 0) is 22.3 Å². The normalized spacial score (nSPS) is 20.9. The van der Waals surface area contributed by atoms with Gasteiger partial charge in [-0.3, -0.25) is 9.69 Å². The van der Waals surface area contributed by atoms with Crippen molar-refractivity contribution in [3.05, 3.63) is 47.8 Å². The molecule has 1 spiro atoms. The van der Waals surface area contributed by atoms with E-state index in [1.807, 2.05) is 4.31 Å². The molecule has 1 atom stereocenters. The average molecular weight is 564 g/mol. The number of hydrogen-bond acceptors (Lipinski definition) is 7. The number of halogens is 3. The van der Waals surface area contributed by atoms with Crippen LogP contribution in [0.1, 0.15) is 43.4 Å². The van der Waals surface area contributed by atoms with Crippen molar-refractivity contribution in [1.29, 1.82) is 5.26 Å². The summed E-state index contributed by atoms with van der Waals surface area (Å²) in [7, 11) is 0. The zero-order valence-electron chi connectivity index (χ0n) is 20.4. The minimum absolute atomic E-state index is 0.00438. The van der Waals surface area contributed by atoms with Gasteiger partial charge in [-0.15, -0.1) is 4.31 Å². The number of alkyl halides is 3. The van der Waals surface area contributed by atoms with Crippen molar-refractivity contribution in [1.82, 2.24) is 9.29 Å². The number of anilines is 2. The lowest BCUT2D eigenvalue weighted by Crippen LogP contribution is -2.55. The van der Waals surface area contributed by atoms with Gasteiger partial charge in [-0.05, 0) is 61.8 Å². The Bertz CT molecular complexity index is 1290. The van der Waals surface area contributed by atoms with E-state index in [0.29, 0.717) is 37.4 Å². The molecule has 200 valence electrons. The minimum Gasteiger partial charge on any atom is -0.598 e. The molecule has 0 radical (unpaired) electrons. The first-order valence-corrected chi connectivity index (χ1v) is 14.0. The predicted octanol–water partition coefficient (Wildman–Crippen LogP) is 4.17. The van der Waals surface area contributed by atoms with Crippen molar-refractivity contribution in [2.24, 2.45) is 0 Å². The molecule has 13 heteroatoms. The molecule has 1 aliphatic carbocycles. The fraction of sp³-hybridized carbons (Fsp3) is 0.440. The number of carbonyl (C=O) groups excluding carboxylic acids is 1. The second kappa shape index (κ2) is 10.00. The van der Waals surface area contributed by atoms with E-state index in [1.54, 1.807) is 35.4 Å². The Labute approximate surface area is 226 Å². The molecule has 8 nitrogen and oxygen atoms in total. The highest BCUT2D eigenvalue weighted by molar-refractivity contribution is 7.88. The van der Waals surface area contributed by atoms with E-state index in [0.717, 1.165) is 36.4 Å². The zero-order chi connectivity index (χ0) is 27.2. The number of carbonyl (C=O) groups is 1. The Kier molecular flexibility index (Phi) is 7.02. The van der Waals surface area contributed by atoms with Crippen LogP contribution < -0.4 is 14.5 Å². The number of pyridine rings is 1. The minimum atomic E-state index is -4.81. The largest absolute Gasteiger partial charge is 0.598 e. The third-order valence-electron chi connectivity index (χ3n) is 7.30. The van der Waals surface area contributed by atoms with Crippen molar-refractivity contribution in [2.75, 3.05) is 29.1 Å². The third kappa shape index (κ3) is 4.59. The van der Waals surface area contributed by atoms with Crippen LogP contribution in [-0.4, -0.2) is 55.8 Å². The number of hydrogen-bond donors (Lipinski definition) is 0. The van der Waals surface area contributed by atoms with E-state index < -0.39 is 40.2 Å². The van der Waals surface area contributed by atoms with Gasteiger partial charge >= 0.3 is 6.18 Å². The van der Waals surface area contributed by atoms with Crippen LogP contribution in [0.4, 0.5) is 24.5 Å². The van der Waals surface area contributed by atoms with Gasteiger partial charge in [-0.1, -0.05) is 0 Å². The molecule has 1 unspecified atom stereocenters. The summed E-state index contributed by atoms with van der Waals surface area (Å²) in [4.78, 5) is 20.1. The van der Waals surface area contributed by atoms with Crippen LogP contribution in [0.25, 0.3) is 0 Å². The molecular formula is C25H24F3N5O3S2. The van der Waals surface area contributed by atoms with E-state index in [1.165, 1.54) is 6.07 Å². The molecule has 3 aliphatic rings. The Morgan fingerprint density at radius 2 is 1.87 bits per heavy atom. The van der Waals surface area contributed by atoms with Crippen LogP contribution in [0.15, 0.2) is 36.5 Å². The molecule has 38 heavy (non-hydrogen) atoms. The summed E-state index contributed by atoms with van der Waals surface area (Å²) in [5, 5.41) is 9.13. The molecule has 1 amide bonds. The standard InChI is InChI=1S/C25H24F3N5O3S2/c1-38(35)31-11-7-19(8-12-31)36-18-5-3-16(4-6-18)33-23(37)32(22(34)24(33)9-2-10-24)17-13-20(25(26,27)28)21(14-29)30-15-17/h3-6,13,15,19H,2,7-12H2,1H3. The molecule has 3 fully saturated rings. The number of nitrogens with zero attached hydrogens (tertiary/aromatic N) is 5. The van der Waals surface area contributed by atoms with Crippen molar-refractivity contribution >= 4 is 46.0 Å². The number of thiocarbonyl (C=S) groups is 1. The number of piperidine rings is 1. The van der Waals surface area contributed by atoms with Gasteiger partial charge < -0.3 is 14.2 Å². The lowest BCUT2D eigenvalue weighted by atomic mass is 9.75. The highest BCUT2D eigenvalue weighted by Gasteiger charge is 2.59.